The topological polar surface area (TPSA) is 34.2 Å². The number of nitrogens with zero attached hydrogens (tertiary/aromatic N) is 1. The average Bonchev–Trinajstić information content (AvgIpc) is 2.40. The molecule has 1 N–H and O–H groups in total. The Morgan fingerprint density at radius 1 is 1.22 bits per heavy atom. The van der Waals surface area contributed by atoms with Crippen molar-refractivity contribution in [2.45, 2.75) is 13.2 Å². The fourth-order valence-corrected chi connectivity index (χ4v) is 1.75. The van der Waals surface area contributed by atoms with E-state index in [4.69, 9.17) is 16.3 Å². The van der Waals surface area contributed by atoms with E-state index >= 15 is 0 Å². The number of benzene rings is 1. The van der Waals surface area contributed by atoms with Crippen LogP contribution in [0, 0.1) is 0 Å². The highest BCUT2D eigenvalue weighted by Gasteiger charge is 2.03. The van der Waals surface area contributed by atoms with Gasteiger partial charge in [-0.05, 0) is 30.8 Å². The van der Waals surface area contributed by atoms with E-state index in [9.17, 15) is 0 Å². The zero-order chi connectivity index (χ0) is 12.8. The smallest absolute Gasteiger partial charge is 0.127 e. The van der Waals surface area contributed by atoms with E-state index < -0.39 is 0 Å². The van der Waals surface area contributed by atoms with Crippen molar-refractivity contribution in [1.82, 2.24) is 10.3 Å². The maximum Gasteiger partial charge on any atom is 0.127 e. The molecule has 0 fully saturated rings. The normalized spacial score (nSPS) is 10.3. The van der Waals surface area contributed by atoms with E-state index in [1.165, 1.54) is 0 Å². The Morgan fingerprint density at radius 3 is 2.72 bits per heavy atom. The van der Waals surface area contributed by atoms with E-state index in [-0.39, 0.29) is 0 Å². The van der Waals surface area contributed by atoms with Crippen molar-refractivity contribution in [3.63, 3.8) is 0 Å². The van der Waals surface area contributed by atoms with Crippen LogP contribution in [-0.2, 0) is 13.2 Å². The summed E-state index contributed by atoms with van der Waals surface area (Å²) in [5, 5.41) is 3.83. The molecule has 0 atom stereocenters. The molecule has 2 rings (SSSR count). The summed E-state index contributed by atoms with van der Waals surface area (Å²) in [6, 6.07) is 9.52. The third-order valence-corrected chi connectivity index (χ3v) is 2.79. The second kappa shape index (κ2) is 6.38. The minimum Gasteiger partial charge on any atom is -0.488 e. The highest BCUT2D eigenvalue weighted by Crippen LogP contribution is 2.18. The Hall–Kier alpha value is -1.58. The van der Waals surface area contributed by atoms with Crippen LogP contribution in [0.2, 0.25) is 5.02 Å². The fourth-order valence-electron chi connectivity index (χ4n) is 1.62. The summed E-state index contributed by atoms with van der Waals surface area (Å²) in [5.74, 6) is 0.856. The van der Waals surface area contributed by atoms with E-state index in [1.54, 1.807) is 6.20 Å². The first-order valence-electron chi connectivity index (χ1n) is 5.74. The van der Waals surface area contributed by atoms with Crippen LogP contribution in [0.5, 0.6) is 5.75 Å². The maximum absolute atomic E-state index is 5.84. The lowest BCUT2D eigenvalue weighted by Gasteiger charge is -2.10. The Morgan fingerprint density at radius 2 is 2.00 bits per heavy atom. The van der Waals surface area contributed by atoms with Crippen LogP contribution in [0.15, 0.2) is 42.7 Å². The van der Waals surface area contributed by atoms with Gasteiger partial charge < -0.3 is 10.1 Å². The molecule has 0 saturated heterocycles. The van der Waals surface area contributed by atoms with Gasteiger partial charge in [0, 0.05) is 29.5 Å². The number of halogens is 1. The highest BCUT2D eigenvalue weighted by atomic mass is 35.5. The minimum absolute atomic E-state index is 0.526. The van der Waals surface area contributed by atoms with Crippen LogP contribution in [-0.4, -0.2) is 12.0 Å². The highest BCUT2D eigenvalue weighted by molar-refractivity contribution is 6.30. The third kappa shape index (κ3) is 3.45. The molecule has 0 saturated carbocycles. The second-order valence-electron chi connectivity index (χ2n) is 3.93. The van der Waals surface area contributed by atoms with Crippen LogP contribution in [0.3, 0.4) is 0 Å². The van der Waals surface area contributed by atoms with Crippen LogP contribution in [0.1, 0.15) is 11.1 Å². The predicted molar refractivity (Wildman–Crippen MR) is 72.8 cm³/mol. The largest absolute Gasteiger partial charge is 0.488 e. The van der Waals surface area contributed by atoms with E-state index in [0.717, 1.165) is 28.4 Å². The van der Waals surface area contributed by atoms with Crippen LogP contribution < -0.4 is 10.1 Å². The van der Waals surface area contributed by atoms with Gasteiger partial charge in [-0.25, -0.2) is 0 Å². The van der Waals surface area contributed by atoms with Crippen LogP contribution in [0.25, 0.3) is 0 Å². The standard InChI is InChI=1S/C14H15ClN2O/c1-16-8-12-9-17-7-6-14(12)18-10-11-2-4-13(15)5-3-11/h2-7,9,16H,8,10H2,1H3. The number of hydrogen-bond acceptors (Lipinski definition) is 3. The molecule has 0 aliphatic heterocycles. The van der Waals surface area contributed by atoms with Gasteiger partial charge in [0.15, 0.2) is 0 Å². The predicted octanol–water partition coefficient (Wildman–Crippen LogP) is 3.03. The summed E-state index contributed by atoms with van der Waals surface area (Å²) < 4.78 is 5.79. The third-order valence-electron chi connectivity index (χ3n) is 2.53. The Bertz CT molecular complexity index is 499. The number of hydrogen-bond donors (Lipinski definition) is 1. The summed E-state index contributed by atoms with van der Waals surface area (Å²) in [7, 11) is 1.90. The molecule has 0 spiro atoms. The minimum atomic E-state index is 0.526. The van der Waals surface area contributed by atoms with Gasteiger partial charge in [0.25, 0.3) is 0 Å². The van der Waals surface area contributed by atoms with Crippen molar-refractivity contribution < 1.29 is 4.74 Å². The Labute approximate surface area is 112 Å². The molecular weight excluding hydrogens is 248 g/mol. The molecule has 0 radical (unpaired) electrons. The van der Waals surface area contributed by atoms with Gasteiger partial charge in [0.05, 0.1) is 0 Å². The lowest BCUT2D eigenvalue weighted by molar-refractivity contribution is 0.302. The number of rotatable bonds is 5. The summed E-state index contributed by atoms with van der Waals surface area (Å²) in [6.07, 6.45) is 3.55. The van der Waals surface area contributed by atoms with Gasteiger partial charge in [-0.2, -0.15) is 0 Å². The molecule has 0 amide bonds. The quantitative estimate of drug-likeness (QED) is 0.899. The van der Waals surface area contributed by atoms with Gasteiger partial charge >= 0.3 is 0 Å². The first kappa shape index (κ1) is 12.9. The van der Waals surface area contributed by atoms with E-state index in [2.05, 4.69) is 10.3 Å². The first-order chi connectivity index (χ1) is 8.79. The van der Waals surface area contributed by atoms with Gasteiger partial charge in [0.1, 0.15) is 12.4 Å². The van der Waals surface area contributed by atoms with Gasteiger partial charge in [0.2, 0.25) is 0 Å². The Kier molecular flexibility index (Phi) is 4.56. The fraction of sp³-hybridized carbons (Fsp3) is 0.214. The van der Waals surface area contributed by atoms with Crippen LogP contribution in [0.4, 0.5) is 0 Å². The molecule has 1 aromatic carbocycles. The molecule has 18 heavy (non-hydrogen) atoms. The number of aromatic nitrogens is 1. The van der Waals surface area contributed by atoms with Gasteiger partial charge in [-0.15, -0.1) is 0 Å². The first-order valence-corrected chi connectivity index (χ1v) is 6.12. The van der Waals surface area contributed by atoms with Crippen molar-refractivity contribution in [1.29, 1.82) is 0 Å². The molecule has 0 aliphatic carbocycles. The molecule has 94 valence electrons. The summed E-state index contributed by atoms with van der Waals surface area (Å²) >= 11 is 5.84. The average molecular weight is 263 g/mol. The molecule has 1 aromatic heterocycles. The second-order valence-corrected chi connectivity index (χ2v) is 4.37. The summed E-state index contributed by atoms with van der Waals surface area (Å²) in [6.45, 7) is 1.27. The lowest BCUT2D eigenvalue weighted by Crippen LogP contribution is -2.08. The van der Waals surface area contributed by atoms with Crippen molar-refractivity contribution >= 4 is 11.6 Å². The molecule has 0 unspecified atom stereocenters. The number of ether oxygens (including phenoxy) is 1. The lowest BCUT2D eigenvalue weighted by atomic mass is 10.2. The van der Waals surface area contributed by atoms with Gasteiger partial charge in [-0.1, -0.05) is 23.7 Å². The maximum atomic E-state index is 5.84. The Balaban J connectivity index is 2.03. The molecule has 3 nitrogen and oxygen atoms in total. The van der Waals surface area contributed by atoms with Crippen molar-refractivity contribution in [2.24, 2.45) is 0 Å². The van der Waals surface area contributed by atoms with E-state index in [0.29, 0.717) is 6.61 Å². The molecule has 1 heterocycles. The summed E-state index contributed by atoms with van der Waals surface area (Å²) in [4.78, 5) is 4.09. The van der Waals surface area contributed by atoms with Crippen molar-refractivity contribution in [3.05, 3.63) is 58.9 Å². The number of nitrogens with one attached hydrogen (secondary N) is 1. The monoisotopic (exact) mass is 262 g/mol. The van der Waals surface area contributed by atoms with Crippen molar-refractivity contribution in [2.75, 3.05) is 7.05 Å². The van der Waals surface area contributed by atoms with E-state index in [1.807, 2.05) is 43.6 Å². The van der Waals surface area contributed by atoms with Crippen LogP contribution >= 0.6 is 11.6 Å². The molecular formula is C14H15ClN2O. The van der Waals surface area contributed by atoms with Crippen molar-refractivity contribution in [3.8, 4) is 5.75 Å². The SMILES string of the molecule is CNCc1cnccc1OCc1ccc(Cl)cc1. The molecule has 0 bridgehead atoms. The summed E-state index contributed by atoms with van der Waals surface area (Å²) in [5.41, 5.74) is 2.14. The molecule has 2 aromatic rings. The number of pyridine rings is 1. The van der Waals surface area contributed by atoms with Gasteiger partial charge in [-0.3, -0.25) is 4.98 Å². The zero-order valence-corrected chi connectivity index (χ0v) is 10.9. The molecule has 4 heteroatoms. The molecule has 0 aliphatic rings. The zero-order valence-electron chi connectivity index (χ0n) is 10.2.